The quantitative estimate of drug-likeness (QED) is 0.304. The van der Waals surface area contributed by atoms with E-state index < -0.39 is 0 Å². The van der Waals surface area contributed by atoms with Crippen molar-refractivity contribution in [3.8, 4) is 11.1 Å². The molecule has 3 aliphatic rings. The molecule has 0 amide bonds. The summed E-state index contributed by atoms with van der Waals surface area (Å²) in [5.74, 6) is 0. The largest absolute Gasteiger partial charge is 0.364 e. The van der Waals surface area contributed by atoms with E-state index in [0.717, 1.165) is 0 Å². The lowest BCUT2D eigenvalue weighted by atomic mass is 9.51. The minimum atomic E-state index is 0.0301. The van der Waals surface area contributed by atoms with E-state index in [2.05, 4.69) is 113 Å². The zero-order chi connectivity index (χ0) is 28.2. The van der Waals surface area contributed by atoms with Crippen LogP contribution in [-0.4, -0.2) is 7.05 Å². The predicted molar refractivity (Wildman–Crippen MR) is 172 cm³/mol. The van der Waals surface area contributed by atoms with Crippen LogP contribution in [0.2, 0.25) is 0 Å². The third-order valence-electron chi connectivity index (χ3n) is 12.5. The van der Waals surface area contributed by atoms with E-state index in [0.29, 0.717) is 5.41 Å². The van der Waals surface area contributed by atoms with Gasteiger partial charge in [0, 0.05) is 18.2 Å². The van der Waals surface area contributed by atoms with Crippen molar-refractivity contribution in [2.24, 2.45) is 5.41 Å². The van der Waals surface area contributed by atoms with Gasteiger partial charge in [-0.3, -0.25) is 0 Å². The lowest BCUT2D eigenvalue weighted by Gasteiger charge is -2.53. The summed E-state index contributed by atoms with van der Waals surface area (Å²) in [4.78, 5) is 2.64. The average molecular weight is 534 g/mol. The number of likely N-dealkylation sites (N-methyl/N-ethyl adjacent to an activating group) is 1. The first kappa shape index (κ1) is 27.6. The van der Waals surface area contributed by atoms with Crippen molar-refractivity contribution < 1.29 is 0 Å². The predicted octanol–water partition coefficient (Wildman–Crippen LogP) is 10.9. The Morgan fingerprint density at radius 3 is 2.02 bits per heavy atom. The Balaban J connectivity index is 1.47. The number of fused-ring (bicyclic) bond motifs is 3. The SMILES string of the molecule is CCCC1(CC)CCCCC1(C)c1cc(-c2ccc3c(c2)C2(C)CCCCC2(c2ccccc2)N3C)ccc1C. The van der Waals surface area contributed by atoms with Gasteiger partial charge in [-0.1, -0.05) is 114 Å². The number of rotatable bonds is 6. The molecule has 0 N–H and O–H groups in total. The Kier molecular flexibility index (Phi) is 6.96. The van der Waals surface area contributed by atoms with E-state index in [-0.39, 0.29) is 16.4 Å². The third-order valence-corrected chi connectivity index (χ3v) is 12.5. The van der Waals surface area contributed by atoms with Crippen LogP contribution in [0.1, 0.15) is 121 Å². The van der Waals surface area contributed by atoms with Gasteiger partial charge in [0.15, 0.2) is 0 Å². The van der Waals surface area contributed by atoms with Crippen molar-refractivity contribution in [3.63, 3.8) is 0 Å². The van der Waals surface area contributed by atoms with Gasteiger partial charge >= 0.3 is 0 Å². The first-order valence-corrected chi connectivity index (χ1v) is 16.3. The van der Waals surface area contributed by atoms with Crippen molar-refractivity contribution in [2.45, 2.75) is 122 Å². The summed E-state index contributed by atoms with van der Waals surface area (Å²) in [6.07, 6.45) is 14.4. The van der Waals surface area contributed by atoms with Crippen LogP contribution in [0, 0.1) is 12.3 Å². The average Bonchev–Trinajstić information content (AvgIpc) is 3.18. The van der Waals surface area contributed by atoms with Gasteiger partial charge in [-0.15, -0.1) is 0 Å². The van der Waals surface area contributed by atoms with Gasteiger partial charge in [0.1, 0.15) is 0 Å². The second kappa shape index (κ2) is 10.1. The molecule has 2 aliphatic carbocycles. The fourth-order valence-corrected chi connectivity index (χ4v) is 10.2. The van der Waals surface area contributed by atoms with Crippen LogP contribution in [0.25, 0.3) is 11.1 Å². The van der Waals surface area contributed by atoms with E-state index >= 15 is 0 Å². The second-order valence-corrected chi connectivity index (χ2v) is 14.0. The van der Waals surface area contributed by atoms with Gasteiger partial charge in [-0.25, -0.2) is 0 Å². The van der Waals surface area contributed by atoms with Gasteiger partial charge in [-0.2, -0.15) is 0 Å². The molecule has 4 atom stereocenters. The topological polar surface area (TPSA) is 3.24 Å². The highest BCUT2D eigenvalue weighted by Gasteiger charge is 2.59. The van der Waals surface area contributed by atoms with E-state index in [1.165, 1.54) is 98.6 Å². The molecule has 0 bridgehead atoms. The Morgan fingerprint density at radius 2 is 1.32 bits per heavy atom. The monoisotopic (exact) mass is 533 g/mol. The van der Waals surface area contributed by atoms with Crippen LogP contribution in [-0.2, 0) is 16.4 Å². The van der Waals surface area contributed by atoms with Crippen molar-refractivity contribution >= 4 is 5.69 Å². The van der Waals surface area contributed by atoms with Crippen molar-refractivity contribution in [1.29, 1.82) is 0 Å². The number of aryl methyl sites for hydroxylation is 1. The maximum Gasteiger partial charge on any atom is 0.0745 e. The summed E-state index contributed by atoms with van der Waals surface area (Å²) in [6.45, 7) is 12.4. The van der Waals surface area contributed by atoms with Gasteiger partial charge in [0.25, 0.3) is 0 Å². The number of nitrogens with zero attached hydrogens (tertiary/aromatic N) is 1. The maximum atomic E-state index is 2.64. The number of benzene rings is 3. The Morgan fingerprint density at radius 1 is 0.700 bits per heavy atom. The third kappa shape index (κ3) is 3.72. The lowest BCUT2D eigenvalue weighted by molar-refractivity contribution is 0.0514. The molecule has 212 valence electrons. The molecule has 0 radical (unpaired) electrons. The molecular formula is C39H51N. The molecule has 4 unspecified atom stereocenters. The van der Waals surface area contributed by atoms with E-state index in [9.17, 15) is 0 Å². The number of hydrogen-bond donors (Lipinski definition) is 0. The Hall–Kier alpha value is -2.54. The summed E-state index contributed by atoms with van der Waals surface area (Å²) in [5.41, 5.74) is 11.1. The molecule has 0 aromatic heterocycles. The van der Waals surface area contributed by atoms with Gasteiger partial charge in [-0.05, 0) is 102 Å². The molecule has 40 heavy (non-hydrogen) atoms. The van der Waals surface area contributed by atoms with Crippen molar-refractivity contribution in [2.75, 3.05) is 11.9 Å². The lowest BCUT2D eigenvalue weighted by Crippen LogP contribution is -2.54. The summed E-state index contributed by atoms with van der Waals surface area (Å²) in [5, 5.41) is 0. The van der Waals surface area contributed by atoms with Crippen molar-refractivity contribution in [3.05, 3.63) is 89.0 Å². The molecule has 1 aliphatic heterocycles. The number of anilines is 1. The highest BCUT2D eigenvalue weighted by molar-refractivity contribution is 5.76. The minimum Gasteiger partial charge on any atom is -0.364 e. The molecule has 3 aromatic rings. The standard InChI is InChI=1S/C39H51N/c1-7-22-38(8-2)25-14-12-23-36(38,4)33-27-30(19-18-29(33)3)31-20-21-35-34(28-31)37(5)24-13-15-26-39(37,40(35)6)32-16-10-9-11-17-32/h9-11,16-21,27-28H,7-8,12-15,22-26H2,1-6H3. The minimum absolute atomic E-state index is 0.0301. The van der Waals surface area contributed by atoms with Crippen molar-refractivity contribution in [1.82, 2.24) is 0 Å². The second-order valence-electron chi connectivity index (χ2n) is 14.0. The molecule has 1 heterocycles. The van der Waals surface area contributed by atoms with Gasteiger partial charge < -0.3 is 4.90 Å². The molecule has 1 nitrogen and oxygen atoms in total. The zero-order valence-electron chi connectivity index (χ0n) is 26.1. The Bertz CT molecular complexity index is 1370. The molecule has 2 fully saturated rings. The van der Waals surface area contributed by atoms with Gasteiger partial charge in [0.2, 0.25) is 0 Å². The summed E-state index contributed by atoms with van der Waals surface area (Å²) in [7, 11) is 2.36. The molecule has 3 aromatic carbocycles. The number of hydrogen-bond acceptors (Lipinski definition) is 1. The summed E-state index contributed by atoms with van der Waals surface area (Å²) < 4.78 is 0. The van der Waals surface area contributed by atoms with Gasteiger partial charge in [0.05, 0.1) is 5.54 Å². The first-order valence-electron chi connectivity index (χ1n) is 16.3. The zero-order valence-corrected chi connectivity index (χ0v) is 26.1. The maximum absolute atomic E-state index is 2.64. The fraction of sp³-hybridized carbons (Fsp3) is 0.538. The Labute approximate surface area is 244 Å². The van der Waals surface area contributed by atoms with Crippen LogP contribution in [0.15, 0.2) is 66.7 Å². The van der Waals surface area contributed by atoms with E-state index in [4.69, 9.17) is 0 Å². The fourth-order valence-electron chi connectivity index (χ4n) is 10.2. The highest BCUT2D eigenvalue weighted by Crippen LogP contribution is 2.63. The normalized spacial score (nSPS) is 31.6. The van der Waals surface area contributed by atoms with Crippen LogP contribution >= 0.6 is 0 Å². The molecule has 0 spiro atoms. The van der Waals surface area contributed by atoms with Crippen LogP contribution in [0.3, 0.4) is 0 Å². The molecular weight excluding hydrogens is 482 g/mol. The summed E-state index contributed by atoms with van der Waals surface area (Å²) >= 11 is 0. The van der Waals surface area contributed by atoms with E-state index in [1.807, 2.05) is 0 Å². The van der Waals surface area contributed by atoms with Crippen LogP contribution in [0.4, 0.5) is 5.69 Å². The first-order chi connectivity index (χ1) is 19.3. The molecule has 0 saturated heterocycles. The highest BCUT2D eigenvalue weighted by atomic mass is 15.2. The smallest absolute Gasteiger partial charge is 0.0745 e. The molecule has 1 heteroatoms. The van der Waals surface area contributed by atoms with Crippen LogP contribution in [0.5, 0.6) is 0 Å². The molecule has 6 rings (SSSR count). The summed E-state index contributed by atoms with van der Waals surface area (Å²) in [6, 6.07) is 26.2. The van der Waals surface area contributed by atoms with E-state index in [1.54, 1.807) is 11.1 Å². The molecule has 2 saturated carbocycles. The van der Waals surface area contributed by atoms with Crippen LogP contribution < -0.4 is 4.90 Å².